The molecule has 3 rings (SSSR count). The molecule has 4 nitrogen and oxygen atoms in total. The van der Waals surface area contributed by atoms with Crippen molar-refractivity contribution in [1.82, 2.24) is 0 Å². The molecule has 25 heavy (non-hydrogen) atoms. The first-order chi connectivity index (χ1) is 12.2. The number of carbonyl (C=O) groups excluding carboxylic acids is 2. The number of rotatable bonds is 4. The van der Waals surface area contributed by atoms with Crippen LogP contribution in [0.2, 0.25) is 0 Å². The van der Waals surface area contributed by atoms with Gasteiger partial charge in [-0.1, -0.05) is 12.1 Å². The highest BCUT2D eigenvalue weighted by Gasteiger charge is 2.14. The minimum atomic E-state index is -0.420. The van der Waals surface area contributed by atoms with Crippen molar-refractivity contribution in [2.75, 3.05) is 7.11 Å². The molecule has 2 aromatic carbocycles. The number of hydrogen-bond acceptors (Lipinski definition) is 4. The maximum absolute atomic E-state index is 12.1. The molecule has 0 spiro atoms. The van der Waals surface area contributed by atoms with Gasteiger partial charge >= 0.3 is 5.97 Å². The average Bonchev–Trinajstić information content (AvgIpc) is 2.65. The van der Waals surface area contributed by atoms with Gasteiger partial charge in [-0.15, -0.1) is 0 Å². The van der Waals surface area contributed by atoms with Crippen LogP contribution in [0.15, 0.2) is 54.1 Å². The van der Waals surface area contributed by atoms with E-state index in [4.69, 9.17) is 9.47 Å². The van der Waals surface area contributed by atoms with Crippen LogP contribution in [0.1, 0.15) is 41.6 Å². The van der Waals surface area contributed by atoms with Gasteiger partial charge in [0.25, 0.3) is 0 Å². The number of allylic oxidation sites excluding steroid dienone is 1. The minimum absolute atomic E-state index is 0.237. The Balaban J connectivity index is 1.66. The van der Waals surface area contributed by atoms with Gasteiger partial charge in [-0.3, -0.25) is 4.79 Å². The summed E-state index contributed by atoms with van der Waals surface area (Å²) in [6.07, 6.45) is 5.46. The minimum Gasteiger partial charge on any atom is -0.497 e. The first-order valence-electron chi connectivity index (χ1n) is 8.36. The van der Waals surface area contributed by atoms with E-state index in [9.17, 15) is 9.59 Å². The topological polar surface area (TPSA) is 52.6 Å². The quantitative estimate of drug-likeness (QED) is 0.470. The lowest BCUT2D eigenvalue weighted by Gasteiger charge is -2.12. The van der Waals surface area contributed by atoms with E-state index in [1.54, 1.807) is 43.5 Å². The number of ketones is 1. The fourth-order valence-corrected chi connectivity index (χ4v) is 2.78. The van der Waals surface area contributed by atoms with E-state index in [-0.39, 0.29) is 5.78 Å². The highest BCUT2D eigenvalue weighted by atomic mass is 16.5. The Hall–Kier alpha value is -2.88. The Morgan fingerprint density at radius 2 is 1.56 bits per heavy atom. The molecule has 0 radical (unpaired) electrons. The maximum Gasteiger partial charge on any atom is 0.343 e. The summed E-state index contributed by atoms with van der Waals surface area (Å²) >= 11 is 0. The SMILES string of the molecule is COc1ccc(C(=O)Oc2ccc(/C=C3\CCCCC3=O)cc2)cc1. The highest BCUT2D eigenvalue weighted by molar-refractivity contribution is 6.00. The summed E-state index contributed by atoms with van der Waals surface area (Å²) in [5, 5.41) is 0. The molecule has 0 unspecified atom stereocenters. The molecule has 0 saturated heterocycles. The molecule has 1 aliphatic rings. The standard InChI is InChI=1S/C21H20O4/c1-24-18-12-8-16(9-13-18)21(23)25-19-10-6-15(7-11-19)14-17-4-2-3-5-20(17)22/h6-14H,2-5H2,1H3/b17-14+. The van der Waals surface area contributed by atoms with E-state index >= 15 is 0 Å². The summed E-state index contributed by atoms with van der Waals surface area (Å²) in [5.41, 5.74) is 2.28. The van der Waals surface area contributed by atoms with Gasteiger partial charge in [0.2, 0.25) is 0 Å². The number of benzene rings is 2. The predicted molar refractivity (Wildman–Crippen MR) is 95.8 cm³/mol. The largest absolute Gasteiger partial charge is 0.497 e. The third-order valence-electron chi connectivity index (χ3n) is 4.22. The lowest BCUT2D eigenvalue weighted by molar-refractivity contribution is -0.116. The van der Waals surface area contributed by atoms with E-state index in [2.05, 4.69) is 0 Å². The van der Waals surface area contributed by atoms with Crippen LogP contribution in [0.25, 0.3) is 6.08 Å². The van der Waals surface area contributed by atoms with Gasteiger partial charge < -0.3 is 9.47 Å². The van der Waals surface area contributed by atoms with Crippen LogP contribution in [-0.4, -0.2) is 18.9 Å². The number of hydrogen-bond donors (Lipinski definition) is 0. The van der Waals surface area contributed by atoms with E-state index in [0.717, 1.165) is 30.4 Å². The number of ether oxygens (including phenoxy) is 2. The van der Waals surface area contributed by atoms with Gasteiger partial charge in [-0.2, -0.15) is 0 Å². The van der Waals surface area contributed by atoms with Gasteiger partial charge in [0.05, 0.1) is 12.7 Å². The fourth-order valence-electron chi connectivity index (χ4n) is 2.78. The molecule has 1 saturated carbocycles. The lowest BCUT2D eigenvalue weighted by Crippen LogP contribution is -2.08. The number of Topliss-reactive ketones (excluding diaryl/α,β-unsaturated/α-hetero) is 1. The van der Waals surface area contributed by atoms with Crippen molar-refractivity contribution < 1.29 is 19.1 Å². The van der Waals surface area contributed by atoms with E-state index in [1.807, 2.05) is 18.2 Å². The van der Waals surface area contributed by atoms with Crippen LogP contribution >= 0.6 is 0 Å². The molecule has 0 aromatic heterocycles. The molecule has 1 aliphatic carbocycles. The van der Waals surface area contributed by atoms with Crippen molar-refractivity contribution >= 4 is 17.8 Å². The summed E-state index contributed by atoms with van der Waals surface area (Å²) in [5.74, 6) is 0.974. The van der Waals surface area contributed by atoms with Crippen LogP contribution in [0.4, 0.5) is 0 Å². The molecule has 2 aromatic rings. The van der Waals surface area contributed by atoms with Gasteiger partial charge in [0, 0.05) is 6.42 Å². The fraction of sp³-hybridized carbons (Fsp3) is 0.238. The molecule has 1 fully saturated rings. The normalized spacial score (nSPS) is 15.9. The molecule has 0 aliphatic heterocycles. The number of methoxy groups -OCH3 is 1. The summed E-state index contributed by atoms with van der Waals surface area (Å²) in [4.78, 5) is 24.0. The van der Waals surface area contributed by atoms with Crippen molar-refractivity contribution in [3.8, 4) is 11.5 Å². The Morgan fingerprint density at radius 1 is 0.920 bits per heavy atom. The zero-order valence-electron chi connectivity index (χ0n) is 14.2. The Bertz CT molecular complexity index is 786. The lowest BCUT2D eigenvalue weighted by atomic mass is 9.92. The Morgan fingerprint density at radius 3 is 2.20 bits per heavy atom. The second-order valence-electron chi connectivity index (χ2n) is 5.99. The van der Waals surface area contributed by atoms with Gasteiger partial charge in [-0.05, 0) is 72.9 Å². The Labute approximate surface area is 147 Å². The second kappa shape index (κ2) is 7.79. The molecule has 0 N–H and O–H groups in total. The van der Waals surface area contributed by atoms with Gasteiger partial charge in [0.1, 0.15) is 11.5 Å². The smallest absolute Gasteiger partial charge is 0.343 e. The number of carbonyl (C=O) groups is 2. The van der Waals surface area contributed by atoms with Crippen LogP contribution in [-0.2, 0) is 4.79 Å². The predicted octanol–water partition coefficient (Wildman–Crippen LogP) is 4.44. The van der Waals surface area contributed by atoms with Crippen molar-refractivity contribution in [2.24, 2.45) is 0 Å². The molecule has 0 atom stereocenters. The van der Waals surface area contributed by atoms with Crippen LogP contribution < -0.4 is 9.47 Å². The number of esters is 1. The second-order valence-corrected chi connectivity index (χ2v) is 5.99. The zero-order chi connectivity index (χ0) is 17.6. The third kappa shape index (κ3) is 4.35. The van der Waals surface area contributed by atoms with Crippen molar-refractivity contribution in [3.05, 3.63) is 65.2 Å². The molecule has 0 heterocycles. The van der Waals surface area contributed by atoms with Gasteiger partial charge in [0.15, 0.2) is 5.78 Å². The monoisotopic (exact) mass is 336 g/mol. The first kappa shape index (κ1) is 17.0. The molecule has 128 valence electrons. The summed E-state index contributed by atoms with van der Waals surface area (Å²) in [7, 11) is 1.57. The van der Waals surface area contributed by atoms with Gasteiger partial charge in [-0.25, -0.2) is 4.79 Å². The summed E-state index contributed by atoms with van der Waals surface area (Å²) < 4.78 is 10.4. The molecule has 0 amide bonds. The third-order valence-corrected chi connectivity index (χ3v) is 4.22. The first-order valence-corrected chi connectivity index (χ1v) is 8.36. The molecular formula is C21H20O4. The summed E-state index contributed by atoms with van der Waals surface area (Å²) in [6, 6.07) is 13.9. The van der Waals surface area contributed by atoms with Crippen molar-refractivity contribution in [2.45, 2.75) is 25.7 Å². The van der Waals surface area contributed by atoms with E-state index in [1.165, 1.54) is 0 Å². The average molecular weight is 336 g/mol. The van der Waals surface area contributed by atoms with Crippen LogP contribution in [0.3, 0.4) is 0 Å². The molecule has 4 heteroatoms. The van der Waals surface area contributed by atoms with Crippen LogP contribution in [0, 0.1) is 0 Å². The van der Waals surface area contributed by atoms with E-state index < -0.39 is 5.97 Å². The zero-order valence-corrected chi connectivity index (χ0v) is 14.2. The van der Waals surface area contributed by atoms with Crippen LogP contribution in [0.5, 0.6) is 11.5 Å². The van der Waals surface area contributed by atoms with E-state index in [0.29, 0.717) is 23.5 Å². The maximum atomic E-state index is 12.1. The van der Waals surface area contributed by atoms with Crippen molar-refractivity contribution in [3.63, 3.8) is 0 Å². The highest BCUT2D eigenvalue weighted by Crippen LogP contribution is 2.23. The van der Waals surface area contributed by atoms with Crippen molar-refractivity contribution in [1.29, 1.82) is 0 Å². The molecular weight excluding hydrogens is 316 g/mol. The Kier molecular flexibility index (Phi) is 5.29. The summed E-state index contributed by atoms with van der Waals surface area (Å²) in [6.45, 7) is 0. The molecule has 0 bridgehead atoms.